The monoisotopic (exact) mass is 310 g/mol. The lowest BCUT2D eigenvalue weighted by Gasteiger charge is -2.58. The van der Waals surface area contributed by atoms with Gasteiger partial charge in [0.05, 0.1) is 11.6 Å². The molecule has 126 valence electrons. The molecule has 0 aromatic heterocycles. The number of likely N-dealkylation sites (N-methyl/N-ethyl adjacent to an activating group) is 1. The molecule has 2 aliphatic heterocycles. The Morgan fingerprint density at radius 2 is 1.95 bits per heavy atom. The number of piperidine rings is 1. The number of carbonyl (C=O) groups excluding carboxylic acids is 1. The van der Waals surface area contributed by atoms with Crippen molar-refractivity contribution in [3.8, 4) is 0 Å². The van der Waals surface area contributed by atoms with Gasteiger partial charge >= 0.3 is 0 Å². The Morgan fingerprint density at radius 3 is 2.64 bits per heavy atom. The van der Waals surface area contributed by atoms with E-state index in [2.05, 4.69) is 11.9 Å². The van der Waals surface area contributed by atoms with Crippen LogP contribution in [0, 0.1) is 5.92 Å². The maximum absolute atomic E-state index is 12.3. The van der Waals surface area contributed by atoms with Crippen molar-refractivity contribution in [3.05, 3.63) is 0 Å². The summed E-state index contributed by atoms with van der Waals surface area (Å²) in [5, 5.41) is 0. The first-order valence-corrected chi connectivity index (χ1v) is 8.72. The van der Waals surface area contributed by atoms with Gasteiger partial charge in [-0.05, 0) is 45.2 Å². The molecule has 2 heterocycles. The molecule has 0 N–H and O–H groups in total. The third-order valence-electron chi connectivity index (χ3n) is 5.82. The van der Waals surface area contributed by atoms with Crippen LogP contribution in [0.3, 0.4) is 0 Å². The van der Waals surface area contributed by atoms with Gasteiger partial charge in [0.2, 0.25) is 5.91 Å². The Labute approximate surface area is 133 Å². The average Bonchev–Trinajstić information content (AvgIpc) is 2.98. The molecule has 1 spiro atoms. The van der Waals surface area contributed by atoms with Gasteiger partial charge in [-0.2, -0.15) is 0 Å². The first-order chi connectivity index (χ1) is 10.6. The number of methoxy groups -OCH3 is 1. The van der Waals surface area contributed by atoms with Crippen LogP contribution in [0.5, 0.6) is 0 Å². The van der Waals surface area contributed by atoms with E-state index in [0.717, 1.165) is 45.5 Å². The van der Waals surface area contributed by atoms with Crippen LogP contribution in [0.15, 0.2) is 0 Å². The fourth-order valence-electron chi connectivity index (χ4n) is 4.33. The topological polar surface area (TPSA) is 42.0 Å². The highest BCUT2D eigenvalue weighted by atomic mass is 16.5. The molecule has 3 fully saturated rings. The largest absolute Gasteiger partial charge is 0.384 e. The van der Waals surface area contributed by atoms with E-state index in [4.69, 9.17) is 9.47 Å². The lowest BCUT2D eigenvalue weighted by molar-refractivity contribution is -0.157. The lowest BCUT2D eigenvalue weighted by Crippen LogP contribution is -2.73. The summed E-state index contributed by atoms with van der Waals surface area (Å²) in [6, 6.07) is 0. The molecule has 2 saturated heterocycles. The predicted octanol–water partition coefficient (Wildman–Crippen LogP) is 1.51. The third kappa shape index (κ3) is 3.31. The standard InChI is InChI=1S/C17H30N2O3/c1-18-8-7-14(10-21-2)9-17(18)12-19(13-17)16(20)11-22-15-5-3-4-6-15/h14-15H,3-13H2,1-2H3/t14-/m1/s1. The molecule has 0 aromatic rings. The summed E-state index contributed by atoms with van der Waals surface area (Å²) in [5.74, 6) is 0.799. The van der Waals surface area contributed by atoms with Crippen molar-refractivity contribution in [3.63, 3.8) is 0 Å². The van der Waals surface area contributed by atoms with Gasteiger partial charge in [0.1, 0.15) is 6.61 Å². The van der Waals surface area contributed by atoms with E-state index in [9.17, 15) is 4.79 Å². The van der Waals surface area contributed by atoms with Crippen molar-refractivity contribution in [2.45, 2.75) is 50.2 Å². The fraction of sp³-hybridized carbons (Fsp3) is 0.941. The number of rotatable bonds is 5. The molecule has 5 heteroatoms. The fourth-order valence-corrected chi connectivity index (χ4v) is 4.33. The van der Waals surface area contributed by atoms with Crippen molar-refractivity contribution in [1.82, 2.24) is 9.80 Å². The molecule has 0 radical (unpaired) electrons. The zero-order valence-electron chi connectivity index (χ0n) is 14.1. The van der Waals surface area contributed by atoms with Gasteiger partial charge in [0.25, 0.3) is 0 Å². The minimum Gasteiger partial charge on any atom is -0.384 e. The van der Waals surface area contributed by atoms with Gasteiger partial charge in [0.15, 0.2) is 0 Å². The molecule has 5 nitrogen and oxygen atoms in total. The molecule has 22 heavy (non-hydrogen) atoms. The quantitative estimate of drug-likeness (QED) is 0.772. The minimum absolute atomic E-state index is 0.166. The van der Waals surface area contributed by atoms with Gasteiger partial charge in [-0.3, -0.25) is 9.69 Å². The van der Waals surface area contributed by atoms with Crippen molar-refractivity contribution in [2.24, 2.45) is 5.92 Å². The Hall–Kier alpha value is -0.650. The number of hydrogen-bond acceptors (Lipinski definition) is 4. The van der Waals surface area contributed by atoms with Crippen LogP contribution in [0.4, 0.5) is 0 Å². The highest BCUT2D eigenvalue weighted by molar-refractivity contribution is 5.78. The molecule has 0 aromatic carbocycles. The summed E-state index contributed by atoms with van der Waals surface area (Å²) in [5.41, 5.74) is 0.185. The summed E-state index contributed by atoms with van der Waals surface area (Å²) in [6.45, 7) is 3.93. The number of likely N-dealkylation sites (tertiary alicyclic amines) is 2. The average molecular weight is 310 g/mol. The van der Waals surface area contributed by atoms with E-state index in [0.29, 0.717) is 12.0 Å². The smallest absolute Gasteiger partial charge is 0.248 e. The second-order valence-electron chi connectivity index (χ2n) is 7.43. The van der Waals surface area contributed by atoms with Crippen LogP contribution in [0.2, 0.25) is 0 Å². The summed E-state index contributed by atoms with van der Waals surface area (Å²) in [6.07, 6.45) is 7.41. The molecule has 3 aliphatic rings. The van der Waals surface area contributed by atoms with Crippen molar-refractivity contribution in [2.75, 3.05) is 47.0 Å². The summed E-state index contributed by atoms with van der Waals surface area (Å²) >= 11 is 0. The Morgan fingerprint density at radius 1 is 1.23 bits per heavy atom. The highest BCUT2D eigenvalue weighted by Crippen LogP contribution is 2.38. The van der Waals surface area contributed by atoms with Crippen molar-refractivity contribution < 1.29 is 14.3 Å². The molecular formula is C17H30N2O3. The van der Waals surface area contributed by atoms with E-state index in [1.807, 2.05) is 4.90 Å². The first-order valence-electron chi connectivity index (χ1n) is 8.72. The van der Waals surface area contributed by atoms with Gasteiger partial charge in [-0.1, -0.05) is 12.8 Å². The van der Waals surface area contributed by atoms with E-state index >= 15 is 0 Å². The van der Waals surface area contributed by atoms with E-state index < -0.39 is 0 Å². The van der Waals surface area contributed by atoms with Crippen molar-refractivity contribution in [1.29, 1.82) is 0 Å². The Balaban J connectivity index is 1.45. The zero-order valence-corrected chi connectivity index (χ0v) is 14.1. The number of hydrogen-bond donors (Lipinski definition) is 0. The van der Waals surface area contributed by atoms with E-state index in [-0.39, 0.29) is 18.1 Å². The third-order valence-corrected chi connectivity index (χ3v) is 5.82. The van der Waals surface area contributed by atoms with Crippen LogP contribution < -0.4 is 0 Å². The van der Waals surface area contributed by atoms with Gasteiger partial charge in [-0.15, -0.1) is 0 Å². The molecule has 1 saturated carbocycles. The number of nitrogens with zero attached hydrogens (tertiary/aromatic N) is 2. The van der Waals surface area contributed by atoms with Crippen LogP contribution in [-0.2, 0) is 14.3 Å². The normalized spacial score (nSPS) is 29.0. The van der Waals surface area contributed by atoms with Crippen LogP contribution >= 0.6 is 0 Å². The van der Waals surface area contributed by atoms with Crippen LogP contribution in [0.1, 0.15) is 38.5 Å². The first kappa shape index (κ1) is 16.2. The van der Waals surface area contributed by atoms with Crippen LogP contribution in [-0.4, -0.2) is 74.4 Å². The van der Waals surface area contributed by atoms with Gasteiger partial charge < -0.3 is 14.4 Å². The lowest BCUT2D eigenvalue weighted by atomic mass is 9.75. The molecule has 0 unspecified atom stereocenters. The molecule has 1 atom stereocenters. The second-order valence-corrected chi connectivity index (χ2v) is 7.43. The Bertz CT molecular complexity index is 389. The summed E-state index contributed by atoms with van der Waals surface area (Å²) in [4.78, 5) is 16.7. The number of amides is 1. The summed E-state index contributed by atoms with van der Waals surface area (Å²) < 4.78 is 11.1. The van der Waals surface area contributed by atoms with Crippen LogP contribution in [0.25, 0.3) is 0 Å². The zero-order chi connectivity index (χ0) is 15.6. The Kier molecular flexibility index (Phi) is 5.05. The molecular weight excluding hydrogens is 280 g/mol. The van der Waals surface area contributed by atoms with Gasteiger partial charge in [-0.25, -0.2) is 0 Å². The maximum Gasteiger partial charge on any atom is 0.248 e. The van der Waals surface area contributed by atoms with Crippen molar-refractivity contribution >= 4 is 5.91 Å². The van der Waals surface area contributed by atoms with Gasteiger partial charge in [0, 0.05) is 26.8 Å². The number of carbonyl (C=O) groups is 1. The summed E-state index contributed by atoms with van der Waals surface area (Å²) in [7, 11) is 3.97. The minimum atomic E-state index is 0.166. The SMILES string of the molecule is COC[C@@H]1CCN(C)C2(C1)CN(C(=O)COC1CCCC1)C2. The second kappa shape index (κ2) is 6.85. The molecule has 3 rings (SSSR count). The van der Waals surface area contributed by atoms with E-state index in [1.54, 1.807) is 7.11 Å². The maximum atomic E-state index is 12.3. The van der Waals surface area contributed by atoms with E-state index in [1.165, 1.54) is 19.3 Å². The predicted molar refractivity (Wildman–Crippen MR) is 84.7 cm³/mol. The highest BCUT2D eigenvalue weighted by Gasteiger charge is 2.50. The molecule has 0 bridgehead atoms. The molecule has 1 aliphatic carbocycles. The number of ether oxygens (including phenoxy) is 2. The molecule has 1 amide bonds.